The van der Waals surface area contributed by atoms with E-state index in [2.05, 4.69) is 4.74 Å². The molecule has 14 heavy (non-hydrogen) atoms. The van der Waals surface area contributed by atoms with Gasteiger partial charge in [0, 0.05) is 17.4 Å². The lowest BCUT2D eigenvalue weighted by atomic mass is 10.4. The summed E-state index contributed by atoms with van der Waals surface area (Å²) in [6, 6.07) is 7.18. The SMILES string of the molecule is COC(=O)c1ccc2ccc(N)cn12. The Kier molecular flexibility index (Phi) is 1.89. The molecular weight excluding hydrogens is 180 g/mol. The van der Waals surface area contributed by atoms with Crippen LogP contribution in [-0.2, 0) is 4.74 Å². The number of anilines is 1. The number of rotatable bonds is 1. The van der Waals surface area contributed by atoms with Crippen LogP contribution in [0, 0.1) is 0 Å². The van der Waals surface area contributed by atoms with E-state index >= 15 is 0 Å². The summed E-state index contributed by atoms with van der Waals surface area (Å²) in [6.45, 7) is 0. The zero-order chi connectivity index (χ0) is 10.1. The molecule has 0 aromatic carbocycles. The first-order chi connectivity index (χ1) is 6.72. The molecule has 2 heterocycles. The van der Waals surface area contributed by atoms with Crippen molar-refractivity contribution >= 4 is 17.2 Å². The molecule has 0 amide bonds. The number of aromatic nitrogens is 1. The Morgan fingerprint density at radius 2 is 2.07 bits per heavy atom. The van der Waals surface area contributed by atoms with E-state index in [0.717, 1.165) is 5.52 Å². The van der Waals surface area contributed by atoms with Crippen LogP contribution in [0.2, 0.25) is 0 Å². The van der Waals surface area contributed by atoms with Crippen molar-refractivity contribution in [1.82, 2.24) is 4.40 Å². The lowest BCUT2D eigenvalue weighted by Gasteiger charge is -2.01. The molecule has 0 fully saturated rings. The van der Waals surface area contributed by atoms with Crippen LogP contribution < -0.4 is 5.73 Å². The Labute approximate surface area is 80.9 Å². The average Bonchev–Trinajstić information content (AvgIpc) is 2.59. The molecule has 4 nitrogen and oxygen atoms in total. The van der Waals surface area contributed by atoms with Crippen LogP contribution in [0.15, 0.2) is 30.5 Å². The van der Waals surface area contributed by atoms with Gasteiger partial charge >= 0.3 is 5.97 Å². The van der Waals surface area contributed by atoms with Crippen LogP contribution in [0.4, 0.5) is 5.69 Å². The highest BCUT2D eigenvalue weighted by Crippen LogP contribution is 2.13. The maximum Gasteiger partial charge on any atom is 0.355 e. The fourth-order valence-corrected chi connectivity index (χ4v) is 1.39. The third-order valence-corrected chi connectivity index (χ3v) is 2.07. The van der Waals surface area contributed by atoms with E-state index in [0.29, 0.717) is 11.4 Å². The predicted molar refractivity (Wildman–Crippen MR) is 53.1 cm³/mol. The molecule has 72 valence electrons. The van der Waals surface area contributed by atoms with Crippen LogP contribution in [0.3, 0.4) is 0 Å². The summed E-state index contributed by atoms with van der Waals surface area (Å²) in [4.78, 5) is 11.3. The minimum absolute atomic E-state index is 0.365. The number of nitrogens with zero attached hydrogens (tertiary/aromatic N) is 1. The third-order valence-electron chi connectivity index (χ3n) is 2.07. The van der Waals surface area contributed by atoms with Crippen molar-refractivity contribution in [1.29, 1.82) is 0 Å². The highest BCUT2D eigenvalue weighted by atomic mass is 16.5. The molecule has 2 aromatic heterocycles. The van der Waals surface area contributed by atoms with E-state index in [1.807, 2.05) is 12.1 Å². The fraction of sp³-hybridized carbons (Fsp3) is 0.100. The van der Waals surface area contributed by atoms with Crippen molar-refractivity contribution in [2.45, 2.75) is 0 Å². The maximum absolute atomic E-state index is 11.3. The van der Waals surface area contributed by atoms with Crippen molar-refractivity contribution in [2.75, 3.05) is 12.8 Å². The molecule has 0 saturated carbocycles. The Balaban J connectivity index is 2.67. The van der Waals surface area contributed by atoms with Crippen LogP contribution in [-0.4, -0.2) is 17.5 Å². The van der Waals surface area contributed by atoms with Crippen molar-refractivity contribution in [3.8, 4) is 0 Å². The maximum atomic E-state index is 11.3. The molecule has 0 spiro atoms. The molecule has 2 aromatic rings. The molecule has 0 bridgehead atoms. The molecule has 2 N–H and O–H groups in total. The van der Waals surface area contributed by atoms with Gasteiger partial charge in [0.05, 0.1) is 7.11 Å². The van der Waals surface area contributed by atoms with Crippen LogP contribution >= 0.6 is 0 Å². The number of carbonyl (C=O) groups excluding carboxylic acids is 1. The molecule has 2 rings (SSSR count). The lowest BCUT2D eigenvalue weighted by molar-refractivity contribution is 0.0593. The molecular formula is C10H10N2O2. The Hall–Kier alpha value is -1.97. The topological polar surface area (TPSA) is 56.7 Å². The van der Waals surface area contributed by atoms with Gasteiger partial charge in [-0.2, -0.15) is 0 Å². The van der Waals surface area contributed by atoms with Crippen molar-refractivity contribution < 1.29 is 9.53 Å². The number of nitrogens with two attached hydrogens (primary N) is 1. The molecule has 0 radical (unpaired) electrons. The van der Waals surface area contributed by atoms with E-state index in [1.54, 1.807) is 22.7 Å². The quantitative estimate of drug-likeness (QED) is 0.690. The number of hydrogen-bond donors (Lipinski definition) is 1. The van der Waals surface area contributed by atoms with Crippen molar-refractivity contribution in [3.63, 3.8) is 0 Å². The zero-order valence-corrected chi connectivity index (χ0v) is 7.73. The Bertz CT molecular complexity index is 488. The smallest absolute Gasteiger partial charge is 0.355 e. The first kappa shape index (κ1) is 8.62. The number of esters is 1. The van der Waals surface area contributed by atoms with Crippen LogP contribution in [0.25, 0.3) is 5.52 Å². The van der Waals surface area contributed by atoms with E-state index < -0.39 is 0 Å². The van der Waals surface area contributed by atoms with Gasteiger partial charge in [-0.1, -0.05) is 0 Å². The van der Waals surface area contributed by atoms with Gasteiger partial charge in [0.25, 0.3) is 0 Å². The summed E-state index contributed by atoms with van der Waals surface area (Å²) in [5.74, 6) is -0.365. The Morgan fingerprint density at radius 3 is 2.79 bits per heavy atom. The predicted octanol–water partition coefficient (Wildman–Crippen LogP) is 1.31. The van der Waals surface area contributed by atoms with Gasteiger partial charge in [0.1, 0.15) is 5.69 Å². The summed E-state index contributed by atoms with van der Waals surface area (Å²) in [6.07, 6.45) is 1.70. The summed E-state index contributed by atoms with van der Waals surface area (Å²) in [5.41, 5.74) is 7.63. The lowest BCUT2D eigenvalue weighted by Crippen LogP contribution is -2.05. The number of pyridine rings is 1. The van der Waals surface area contributed by atoms with Crippen molar-refractivity contribution in [2.24, 2.45) is 0 Å². The molecule has 0 saturated heterocycles. The second-order valence-corrected chi connectivity index (χ2v) is 2.97. The standard InChI is InChI=1S/C10H10N2O2/c1-14-10(13)9-5-4-8-3-2-7(11)6-12(8)9/h2-6H,11H2,1H3. The monoisotopic (exact) mass is 190 g/mol. The van der Waals surface area contributed by atoms with Gasteiger partial charge in [-0.05, 0) is 24.3 Å². The highest BCUT2D eigenvalue weighted by Gasteiger charge is 2.10. The molecule has 0 aliphatic rings. The molecule has 0 aliphatic heterocycles. The molecule has 0 unspecified atom stereocenters. The van der Waals surface area contributed by atoms with Gasteiger partial charge in [-0.15, -0.1) is 0 Å². The van der Waals surface area contributed by atoms with Gasteiger partial charge in [-0.3, -0.25) is 0 Å². The van der Waals surface area contributed by atoms with Gasteiger partial charge in [0.15, 0.2) is 0 Å². The summed E-state index contributed by atoms with van der Waals surface area (Å²) >= 11 is 0. The molecule has 0 aliphatic carbocycles. The Morgan fingerprint density at radius 1 is 1.36 bits per heavy atom. The summed E-state index contributed by atoms with van der Waals surface area (Å²) < 4.78 is 6.35. The minimum Gasteiger partial charge on any atom is -0.464 e. The fourth-order valence-electron chi connectivity index (χ4n) is 1.39. The van der Waals surface area contributed by atoms with Gasteiger partial charge in [0.2, 0.25) is 0 Å². The first-order valence-corrected chi connectivity index (χ1v) is 4.17. The third kappa shape index (κ3) is 1.21. The number of fused-ring (bicyclic) bond motifs is 1. The summed E-state index contributed by atoms with van der Waals surface area (Å²) in [7, 11) is 1.36. The number of hydrogen-bond acceptors (Lipinski definition) is 3. The number of ether oxygens (including phenoxy) is 1. The van der Waals surface area contributed by atoms with E-state index in [4.69, 9.17) is 5.73 Å². The number of nitrogen functional groups attached to an aromatic ring is 1. The number of carbonyl (C=O) groups is 1. The van der Waals surface area contributed by atoms with E-state index in [-0.39, 0.29) is 5.97 Å². The normalized spacial score (nSPS) is 10.4. The number of methoxy groups -OCH3 is 1. The summed E-state index contributed by atoms with van der Waals surface area (Å²) in [5, 5.41) is 0. The van der Waals surface area contributed by atoms with E-state index in [9.17, 15) is 4.79 Å². The molecule has 4 heteroatoms. The van der Waals surface area contributed by atoms with Crippen molar-refractivity contribution in [3.05, 3.63) is 36.2 Å². The second-order valence-electron chi connectivity index (χ2n) is 2.97. The second kappa shape index (κ2) is 3.06. The largest absolute Gasteiger partial charge is 0.464 e. The van der Waals surface area contributed by atoms with Gasteiger partial charge in [-0.25, -0.2) is 4.79 Å². The molecule has 0 atom stereocenters. The minimum atomic E-state index is -0.365. The highest BCUT2D eigenvalue weighted by molar-refractivity contribution is 5.89. The van der Waals surface area contributed by atoms with Crippen LogP contribution in [0.1, 0.15) is 10.5 Å². The van der Waals surface area contributed by atoms with Crippen LogP contribution in [0.5, 0.6) is 0 Å². The zero-order valence-electron chi connectivity index (χ0n) is 7.73. The first-order valence-electron chi connectivity index (χ1n) is 4.17. The van der Waals surface area contributed by atoms with E-state index in [1.165, 1.54) is 7.11 Å². The average molecular weight is 190 g/mol. The van der Waals surface area contributed by atoms with Gasteiger partial charge < -0.3 is 14.9 Å².